The number of hydrogen-bond acceptors (Lipinski definition) is 5. The molecule has 0 saturated heterocycles. The molecule has 1 fully saturated rings. The minimum Gasteiger partial charge on any atom is -0.490 e. The van der Waals surface area contributed by atoms with Crippen LogP contribution in [0.4, 0.5) is 11.4 Å². The Morgan fingerprint density at radius 1 is 1.13 bits per heavy atom. The first-order chi connectivity index (χ1) is 14.5. The summed E-state index contributed by atoms with van der Waals surface area (Å²) in [5.41, 5.74) is 0.681. The Kier molecular flexibility index (Phi) is 7.29. The number of nitrogens with one attached hydrogen (secondary N) is 1. The van der Waals surface area contributed by atoms with E-state index >= 15 is 0 Å². The molecule has 1 saturated carbocycles. The molecule has 1 N–H and O–H groups in total. The zero-order valence-electron chi connectivity index (χ0n) is 16.9. The van der Waals surface area contributed by atoms with Gasteiger partial charge in [-0.15, -0.1) is 0 Å². The highest BCUT2D eigenvalue weighted by atomic mass is 35.5. The standard InChI is InChI=1S/C22H25ClN2O5/c1-29-13-14-30-20-10-7-17(15-19(20)23)24-21(26)22(11-3-2-4-12-22)16-5-8-18(9-6-16)25(27)28/h5-10,15H,2-4,11-14H2,1H3,(H,24,26). The first-order valence-corrected chi connectivity index (χ1v) is 10.3. The van der Waals surface area contributed by atoms with Gasteiger partial charge in [-0.2, -0.15) is 0 Å². The summed E-state index contributed by atoms with van der Waals surface area (Å²) < 4.78 is 10.5. The van der Waals surface area contributed by atoms with Crippen molar-refractivity contribution in [2.24, 2.45) is 0 Å². The number of carbonyl (C=O) groups excluding carboxylic acids is 1. The molecule has 0 radical (unpaired) electrons. The number of benzene rings is 2. The highest BCUT2D eigenvalue weighted by Gasteiger charge is 2.41. The summed E-state index contributed by atoms with van der Waals surface area (Å²) in [7, 11) is 1.59. The summed E-state index contributed by atoms with van der Waals surface area (Å²) in [6.07, 6.45) is 4.32. The van der Waals surface area contributed by atoms with E-state index in [-0.39, 0.29) is 11.6 Å². The normalized spacial score (nSPS) is 15.4. The van der Waals surface area contributed by atoms with Crippen LogP contribution in [0.1, 0.15) is 37.7 Å². The van der Waals surface area contributed by atoms with E-state index in [0.717, 1.165) is 24.8 Å². The average Bonchev–Trinajstić information content (AvgIpc) is 2.76. The molecule has 3 rings (SSSR count). The van der Waals surface area contributed by atoms with Crippen molar-refractivity contribution in [1.82, 2.24) is 0 Å². The van der Waals surface area contributed by atoms with Gasteiger partial charge in [-0.05, 0) is 36.6 Å². The Morgan fingerprint density at radius 2 is 1.83 bits per heavy atom. The Morgan fingerprint density at radius 3 is 2.43 bits per heavy atom. The zero-order chi connectivity index (χ0) is 21.6. The molecule has 0 bridgehead atoms. The van der Waals surface area contributed by atoms with Crippen molar-refractivity contribution < 1.29 is 19.2 Å². The van der Waals surface area contributed by atoms with Gasteiger partial charge in [0.25, 0.3) is 5.69 Å². The summed E-state index contributed by atoms with van der Waals surface area (Å²) in [6.45, 7) is 0.831. The molecular weight excluding hydrogens is 408 g/mol. The Bertz CT molecular complexity index is 895. The molecule has 0 heterocycles. The number of hydrogen-bond donors (Lipinski definition) is 1. The molecule has 1 aliphatic carbocycles. The molecule has 0 aliphatic heterocycles. The number of halogens is 1. The van der Waals surface area contributed by atoms with Crippen LogP contribution in [-0.4, -0.2) is 31.2 Å². The van der Waals surface area contributed by atoms with Crippen LogP contribution < -0.4 is 10.1 Å². The number of nitro benzene ring substituents is 1. The van der Waals surface area contributed by atoms with Crippen LogP contribution in [0.5, 0.6) is 5.75 Å². The molecule has 2 aromatic rings. The number of nitro groups is 1. The maximum absolute atomic E-state index is 13.4. The third-order valence-electron chi connectivity index (χ3n) is 5.51. The van der Waals surface area contributed by atoms with E-state index in [1.807, 2.05) is 0 Å². The van der Waals surface area contributed by atoms with E-state index in [9.17, 15) is 14.9 Å². The van der Waals surface area contributed by atoms with E-state index in [2.05, 4.69) is 5.32 Å². The molecule has 7 nitrogen and oxygen atoms in total. The van der Waals surface area contributed by atoms with Crippen molar-refractivity contribution in [2.75, 3.05) is 25.6 Å². The van der Waals surface area contributed by atoms with Crippen LogP contribution in [0.15, 0.2) is 42.5 Å². The highest BCUT2D eigenvalue weighted by Crippen LogP contribution is 2.41. The van der Waals surface area contributed by atoms with Gasteiger partial charge in [0.1, 0.15) is 12.4 Å². The summed E-state index contributed by atoms with van der Waals surface area (Å²) in [6, 6.07) is 11.4. The predicted octanol–water partition coefficient (Wildman–Crippen LogP) is 5.11. The van der Waals surface area contributed by atoms with Crippen LogP contribution in [0.3, 0.4) is 0 Å². The summed E-state index contributed by atoms with van der Waals surface area (Å²) in [5.74, 6) is 0.398. The van der Waals surface area contributed by atoms with Crippen LogP contribution in [0.25, 0.3) is 0 Å². The van der Waals surface area contributed by atoms with Crippen LogP contribution in [0, 0.1) is 10.1 Å². The van der Waals surface area contributed by atoms with Crippen LogP contribution in [-0.2, 0) is 14.9 Å². The fraction of sp³-hybridized carbons (Fsp3) is 0.409. The van der Waals surface area contributed by atoms with Crippen molar-refractivity contribution in [3.05, 3.63) is 63.2 Å². The van der Waals surface area contributed by atoms with Crippen molar-refractivity contribution in [1.29, 1.82) is 0 Å². The second-order valence-electron chi connectivity index (χ2n) is 7.39. The molecule has 0 spiro atoms. The summed E-state index contributed by atoms with van der Waals surface area (Å²) in [4.78, 5) is 23.9. The lowest BCUT2D eigenvalue weighted by Crippen LogP contribution is -2.42. The molecule has 0 aromatic heterocycles. The lowest BCUT2D eigenvalue weighted by Gasteiger charge is -2.36. The van der Waals surface area contributed by atoms with Gasteiger partial charge in [0.05, 0.1) is 22.0 Å². The summed E-state index contributed by atoms with van der Waals surface area (Å²) >= 11 is 6.30. The van der Waals surface area contributed by atoms with Gasteiger partial charge < -0.3 is 14.8 Å². The van der Waals surface area contributed by atoms with Gasteiger partial charge >= 0.3 is 0 Å². The second-order valence-corrected chi connectivity index (χ2v) is 7.79. The SMILES string of the molecule is COCCOc1ccc(NC(=O)C2(c3ccc([N+](=O)[O-])cc3)CCCCC2)cc1Cl. The quantitative estimate of drug-likeness (QED) is 0.355. The van der Waals surface area contributed by atoms with Gasteiger partial charge in [0, 0.05) is 24.9 Å². The van der Waals surface area contributed by atoms with E-state index in [4.69, 9.17) is 21.1 Å². The van der Waals surface area contributed by atoms with E-state index in [1.54, 1.807) is 37.4 Å². The number of rotatable bonds is 8. The maximum Gasteiger partial charge on any atom is 0.269 e. The van der Waals surface area contributed by atoms with Crippen LogP contribution >= 0.6 is 11.6 Å². The topological polar surface area (TPSA) is 90.7 Å². The van der Waals surface area contributed by atoms with Gasteiger partial charge in [-0.1, -0.05) is 43.0 Å². The molecule has 160 valence electrons. The second kappa shape index (κ2) is 9.91. The first kappa shape index (κ1) is 22.1. The molecule has 1 aliphatic rings. The Labute approximate surface area is 180 Å². The van der Waals surface area contributed by atoms with E-state index in [0.29, 0.717) is 42.5 Å². The number of ether oxygens (including phenoxy) is 2. The number of non-ortho nitro benzene ring substituents is 1. The number of nitrogens with zero attached hydrogens (tertiary/aromatic N) is 1. The average molecular weight is 433 g/mol. The molecular formula is C22H25ClN2O5. The number of carbonyl (C=O) groups is 1. The molecule has 8 heteroatoms. The largest absolute Gasteiger partial charge is 0.490 e. The Hall–Kier alpha value is -2.64. The van der Waals surface area contributed by atoms with Crippen molar-refractivity contribution in [2.45, 2.75) is 37.5 Å². The lowest BCUT2D eigenvalue weighted by atomic mass is 9.68. The van der Waals surface area contributed by atoms with Gasteiger partial charge in [0.15, 0.2) is 0 Å². The predicted molar refractivity (Wildman–Crippen MR) is 115 cm³/mol. The van der Waals surface area contributed by atoms with Crippen molar-refractivity contribution in [3.63, 3.8) is 0 Å². The molecule has 1 amide bonds. The monoisotopic (exact) mass is 432 g/mol. The molecule has 30 heavy (non-hydrogen) atoms. The third-order valence-corrected chi connectivity index (χ3v) is 5.80. The lowest BCUT2D eigenvalue weighted by molar-refractivity contribution is -0.384. The van der Waals surface area contributed by atoms with Gasteiger partial charge in [-0.3, -0.25) is 14.9 Å². The first-order valence-electron chi connectivity index (χ1n) is 9.94. The van der Waals surface area contributed by atoms with E-state index < -0.39 is 10.3 Å². The fourth-order valence-corrected chi connectivity index (χ4v) is 4.12. The summed E-state index contributed by atoms with van der Waals surface area (Å²) in [5, 5.41) is 14.4. The molecule has 2 aromatic carbocycles. The van der Waals surface area contributed by atoms with Crippen molar-refractivity contribution in [3.8, 4) is 5.75 Å². The van der Waals surface area contributed by atoms with E-state index in [1.165, 1.54) is 12.1 Å². The minimum absolute atomic E-state index is 0.0148. The number of methoxy groups -OCH3 is 1. The smallest absolute Gasteiger partial charge is 0.269 e. The maximum atomic E-state index is 13.4. The highest BCUT2D eigenvalue weighted by molar-refractivity contribution is 6.32. The van der Waals surface area contributed by atoms with Crippen molar-refractivity contribution >= 4 is 28.9 Å². The number of amides is 1. The molecule has 0 unspecified atom stereocenters. The fourth-order valence-electron chi connectivity index (χ4n) is 3.89. The number of anilines is 1. The third kappa shape index (κ3) is 4.91. The Balaban J connectivity index is 1.80. The van der Waals surface area contributed by atoms with Gasteiger partial charge in [-0.25, -0.2) is 0 Å². The van der Waals surface area contributed by atoms with Crippen LogP contribution in [0.2, 0.25) is 5.02 Å². The zero-order valence-corrected chi connectivity index (χ0v) is 17.6. The molecule has 0 atom stereocenters. The van der Waals surface area contributed by atoms with Gasteiger partial charge in [0.2, 0.25) is 5.91 Å². The minimum atomic E-state index is -0.715.